The number of alkyl halides is 3. The minimum Gasteiger partial charge on any atom is -0.480 e. The Morgan fingerprint density at radius 2 is 1.77 bits per heavy atom. The summed E-state index contributed by atoms with van der Waals surface area (Å²) in [6.07, 6.45) is -3.42. The summed E-state index contributed by atoms with van der Waals surface area (Å²) in [6.45, 7) is 1.88. The number of methoxy groups -OCH3 is 2. The molecule has 0 aliphatic rings. The maximum absolute atomic E-state index is 13.8. The number of aromatic nitrogens is 3. The Morgan fingerprint density at radius 3 is 2.37 bits per heavy atom. The quantitative estimate of drug-likeness (QED) is 0.420. The summed E-state index contributed by atoms with van der Waals surface area (Å²) in [7, 11) is 2.32. The maximum atomic E-state index is 13.8. The Bertz CT molecular complexity index is 1070. The molecule has 3 aromatic rings. The van der Waals surface area contributed by atoms with Crippen molar-refractivity contribution in [2.45, 2.75) is 23.0 Å². The van der Waals surface area contributed by atoms with Gasteiger partial charge in [0.1, 0.15) is 10.7 Å². The number of benzene rings is 1. The van der Waals surface area contributed by atoms with Gasteiger partial charge in [-0.15, -0.1) is 0 Å². The third kappa shape index (κ3) is 4.70. The van der Waals surface area contributed by atoms with Gasteiger partial charge >= 0.3 is 12.1 Å². The van der Waals surface area contributed by atoms with Crippen LogP contribution in [0.1, 0.15) is 21.5 Å². The molecule has 156 valence electrons. The minimum absolute atomic E-state index is 0.107. The van der Waals surface area contributed by atoms with Crippen LogP contribution in [-0.2, 0) is 10.9 Å². The van der Waals surface area contributed by atoms with E-state index in [1.54, 1.807) is 24.3 Å². The van der Waals surface area contributed by atoms with E-state index in [-0.39, 0.29) is 22.1 Å². The molecule has 2 heterocycles. The third-order valence-electron chi connectivity index (χ3n) is 3.97. The van der Waals surface area contributed by atoms with Crippen molar-refractivity contribution in [3.63, 3.8) is 0 Å². The molecule has 6 nitrogen and oxygen atoms in total. The predicted molar refractivity (Wildman–Crippen MR) is 103 cm³/mol. The van der Waals surface area contributed by atoms with Gasteiger partial charge in [-0.25, -0.2) is 9.78 Å². The van der Waals surface area contributed by atoms with E-state index in [1.807, 2.05) is 6.92 Å². The van der Waals surface area contributed by atoms with E-state index in [0.29, 0.717) is 4.90 Å². The van der Waals surface area contributed by atoms with Gasteiger partial charge in [0.25, 0.3) is 0 Å². The van der Waals surface area contributed by atoms with E-state index in [0.717, 1.165) is 24.4 Å². The van der Waals surface area contributed by atoms with Crippen LogP contribution in [0.15, 0.2) is 52.5 Å². The van der Waals surface area contributed by atoms with Gasteiger partial charge in [0.2, 0.25) is 5.88 Å². The number of aryl methyl sites for hydroxylation is 1. The van der Waals surface area contributed by atoms with Gasteiger partial charge in [-0.2, -0.15) is 18.2 Å². The molecular weight excluding hydrogens is 419 g/mol. The molecule has 0 bridgehead atoms. The number of pyridine rings is 1. The van der Waals surface area contributed by atoms with E-state index in [4.69, 9.17) is 4.74 Å². The molecule has 0 saturated heterocycles. The fourth-order valence-corrected chi connectivity index (χ4v) is 3.45. The molecule has 0 aliphatic carbocycles. The molecule has 0 saturated carbocycles. The number of carbonyl (C=O) groups is 1. The Morgan fingerprint density at radius 1 is 1.07 bits per heavy atom. The van der Waals surface area contributed by atoms with Crippen molar-refractivity contribution in [1.29, 1.82) is 0 Å². The maximum Gasteiger partial charge on any atom is 0.424 e. The first-order chi connectivity index (χ1) is 14.2. The lowest BCUT2D eigenvalue weighted by molar-refractivity contribution is -0.141. The van der Waals surface area contributed by atoms with Crippen LogP contribution in [0.25, 0.3) is 11.5 Å². The normalized spacial score (nSPS) is 11.3. The molecule has 0 aliphatic heterocycles. The molecule has 1 aromatic carbocycles. The molecule has 0 amide bonds. The molecule has 0 radical (unpaired) electrons. The fraction of sp³-hybridized carbons (Fsp3) is 0.200. The van der Waals surface area contributed by atoms with Crippen LogP contribution in [0.2, 0.25) is 0 Å². The number of nitrogens with zero attached hydrogens (tertiary/aromatic N) is 3. The zero-order chi connectivity index (χ0) is 21.9. The van der Waals surface area contributed by atoms with Gasteiger partial charge in [0.05, 0.1) is 19.8 Å². The highest BCUT2D eigenvalue weighted by Gasteiger charge is 2.40. The molecule has 0 atom stereocenters. The standard InChI is InChI=1S/C20H16F3N3O3S/c1-11-4-6-13(7-5-11)30-18-15(20(21,22)23)17(28-2)25-16(26-18)14-10-12(8-9-24-14)19(27)29-3/h4-10H,1-3H3. The van der Waals surface area contributed by atoms with Gasteiger partial charge < -0.3 is 9.47 Å². The van der Waals surface area contributed by atoms with E-state index in [9.17, 15) is 18.0 Å². The van der Waals surface area contributed by atoms with E-state index in [1.165, 1.54) is 25.4 Å². The van der Waals surface area contributed by atoms with Crippen LogP contribution in [0.3, 0.4) is 0 Å². The molecule has 2 aromatic heterocycles. The van der Waals surface area contributed by atoms with Crippen molar-refractivity contribution in [2.75, 3.05) is 14.2 Å². The highest BCUT2D eigenvalue weighted by molar-refractivity contribution is 7.99. The Balaban J connectivity index is 2.16. The number of ether oxygens (including phenoxy) is 2. The van der Waals surface area contributed by atoms with Crippen molar-refractivity contribution >= 4 is 17.7 Å². The first kappa shape index (κ1) is 21.6. The molecule has 10 heteroatoms. The second-order valence-electron chi connectivity index (χ2n) is 6.07. The average Bonchev–Trinajstić information content (AvgIpc) is 2.73. The van der Waals surface area contributed by atoms with Crippen molar-refractivity contribution in [2.24, 2.45) is 0 Å². The number of halogens is 3. The number of hydrogen-bond acceptors (Lipinski definition) is 7. The zero-order valence-electron chi connectivity index (χ0n) is 16.1. The predicted octanol–water partition coefficient (Wildman–Crippen LogP) is 4.81. The van der Waals surface area contributed by atoms with E-state index < -0.39 is 23.6 Å². The lowest BCUT2D eigenvalue weighted by Crippen LogP contribution is -2.13. The van der Waals surface area contributed by atoms with Crippen molar-refractivity contribution in [3.8, 4) is 17.4 Å². The second-order valence-corrected chi connectivity index (χ2v) is 7.13. The lowest BCUT2D eigenvalue weighted by atomic mass is 10.2. The molecule has 30 heavy (non-hydrogen) atoms. The number of carbonyl (C=O) groups excluding carboxylic acids is 1. The Kier molecular flexibility index (Phi) is 6.25. The second kappa shape index (κ2) is 8.70. The minimum atomic E-state index is -4.74. The van der Waals surface area contributed by atoms with Crippen molar-refractivity contribution in [3.05, 3.63) is 59.3 Å². The van der Waals surface area contributed by atoms with Gasteiger partial charge in [-0.3, -0.25) is 4.98 Å². The van der Waals surface area contributed by atoms with Crippen LogP contribution in [0.4, 0.5) is 13.2 Å². The summed E-state index contributed by atoms with van der Waals surface area (Å²) >= 11 is 0.833. The topological polar surface area (TPSA) is 74.2 Å². The molecule has 3 rings (SSSR count). The Hall–Kier alpha value is -3.14. The largest absolute Gasteiger partial charge is 0.480 e. The van der Waals surface area contributed by atoms with Crippen LogP contribution in [-0.4, -0.2) is 35.1 Å². The smallest absolute Gasteiger partial charge is 0.424 e. The zero-order valence-corrected chi connectivity index (χ0v) is 17.0. The van der Waals surface area contributed by atoms with Crippen molar-refractivity contribution in [1.82, 2.24) is 15.0 Å². The molecule has 0 N–H and O–H groups in total. The number of esters is 1. The first-order valence-corrected chi connectivity index (χ1v) is 9.37. The molecule has 0 fully saturated rings. The Labute approximate surface area is 174 Å². The summed E-state index contributed by atoms with van der Waals surface area (Å²) in [5, 5.41) is -0.335. The van der Waals surface area contributed by atoms with Crippen LogP contribution < -0.4 is 4.74 Å². The highest BCUT2D eigenvalue weighted by Crippen LogP contribution is 2.43. The highest BCUT2D eigenvalue weighted by atomic mass is 32.2. The summed E-state index contributed by atoms with van der Waals surface area (Å²) in [6, 6.07) is 9.73. The van der Waals surface area contributed by atoms with Crippen molar-refractivity contribution < 1.29 is 27.4 Å². The van der Waals surface area contributed by atoms with Crippen LogP contribution >= 0.6 is 11.8 Å². The molecule has 0 unspecified atom stereocenters. The molecular formula is C20H16F3N3O3S. The third-order valence-corrected chi connectivity index (χ3v) is 4.96. The molecule has 0 spiro atoms. The van der Waals surface area contributed by atoms with Gasteiger partial charge in [0, 0.05) is 11.1 Å². The summed E-state index contributed by atoms with van der Waals surface area (Å²) in [4.78, 5) is 24.4. The van der Waals surface area contributed by atoms with E-state index >= 15 is 0 Å². The SMILES string of the molecule is COC(=O)c1ccnc(-c2nc(OC)c(C(F)(F)F)c(Sc3ccc(C)cc3)n2)c1. The van der Waals surface area contributed by atoms with Gasteiger partial charge in [-0.1, -0.05) is 29.5 Å². The fourth-order valence-electron chi connectivity index (χ4n) is 2.51. The van der Waals surface area contributed by atoms with Crippen LogP contribution in [0.5, 0.6) is 5.88 Å². The van der Waals surface area contributed by atoms with Crippen LogP contribution in [0, 0.1) is 6.92 Å². The summed E-state index contributed by atoms with van der Waals surface area (Å²) in [5.74, 6) is -1.36. The number of rotatable bonds is 5. The summed E-state index contributed by atoms with van der Waals surface area (Å²) < 4.78 is 50.9. The van der Waals surface area contributed by atoms with Gasteiger partial charge in [0.15, 0.2) is 11.4 Å². The summed E-state index contributed by atoms with van der Waals surface area (Å²) in [5.41, 5.74) is 0.164. The monoisotopic (exact) mass is 435 g/mol. The average molecular weight is 435 g/mol. The van der Waals surface area contributed by atoms with E-state index in [2.05, 4.69) is 19.7 Å². The first-order valence-electron chi connectivity index (χ1n) is 8.55. The van der Waals surface area contributed by atoms with Gasteiger partial charge in [-0.05, 0) is 31.2 Å². The lowest BCUT2D eigenvalue weighted by Gasteiger charge is -2.16. The number of hydrogen-bond donors (Lipinski definition) is 0.